The van der Waals surface area contributed by atoms with E-state index in [0.29, 0.717) is 16.7 Å². The smallest absolute Gasteiger partial charge is 0.374 e. The monoisotopic (exact) mass is 440 g/mol. The van der Waals surface area contributed by atoms with Crippen LogP contribution in [-0.4, -0.2) is 20.2 Å². The van der Waals surface area contributed by atoms with Gasteiger partial charge in [-0.3, -0.25) is 0 Å². The Balaban J connectivity index is 1.91. The first-order valence-electron chi connectivity index (χ1n) is 10.1. The molecule has 0 aliphatic rings. The van der Waals surface area contributed by atoms with Crippen LogP contribution in [-0.2, 0) is 11.3 Å². The standard InChI is InChI=1S/C27H20O6/c1-30-25-23-21(16-22(26(28)31-2)33-27(23)29)15-20(14-13-18-9-5-3-6-10-18)24(25)32-17-19-11-7-4-8-12-19/h3-12,15-16H,17H2,1-2H3. The van der Waals surface area contributed by atoms with E-state index in [1.807, 2.05) is 60.7 Å². The van der Waals surface area contributed by atoms with Gasteiger partial charge in [0.1, 0.15) is 12.0 Å². The SMILES string of the molecule is COC(=O)c1cc2cc(C#Cc3ccccc3)c(OCc3ccccc3)c(OC)c2c(=O)o1. The van der Waals surface area contributed by atoms with Gasteiger partial charge in [0.15, 0.2) is 11.5 Å². The second-order valence-electron chi connectivity index (χ2n) is 7.03. The average molecular weight is 440 g/mol. The second-order valence-corrected chi connectivity index (χ2v) is 7.03. The van der Waals surface area contributed by atoms with Gasteiger partial charge in [-0.05, 0) is 35.2 Å². The maximum absolute atomic E-state index is 12.8. The molecule has 4 rings (SSSR count). The van der Waals surface area contributed by atoms with E-state index in [2.05, 4.69) is 16.6 Å². The molecular weight excluding hydrogens is 420 g/mol. The number of rotatable bonds is 5. The zero-order valence-electron chi connectivity index (χ0n) is 18.1. The molecule has 0 saturated heterocycles. The minimum atomic E-state index is -0.755. The van der Waals surface area contributed by atoms with Crippen LogP contribution in [0.4, 0.5) is 0 Å². The van der Waals surface area contributed by atoms with Crippen LogP contribution in [0.25, 0.3) is 10.8 Å². The van der Waals surface area contributed by atoms with Gasteiger partial charge in [-0.1, -0.05) is 60.4 Å². The first kappa shape index (κ1) is 21.7. The third kappa shape index (κ3) is 4.73. The number of methoxy groups -OCH3 is 2. The van der Waals surface area contributed by atoms with Crippen LogP contribution in [0.3, 0.4) is 0 Å². The first-order chi connectivity index (χ1) is 16.1. The van der Waals surface area contributed by atoms with Gasteiger partial charge in [0.2, 0.25) is 5.76 Å². The molecule has 0 aliphatic carbocycles. The Morgan fingerprint density at radius 1 is 0.909 bits per heavy atom. The molecule has 0 amide bonds. The molecule has 1 heterocycles. The molecule has 0 spiro atoms. The fourth-order valence-electron chi connectivity index (χ4n) is 3.33. The van der Waals surface area contributed by atoms with Gasteiger partial charge < -0.3 is 18.6 Å². The van der Waals surface area contributed by atoms with E-state index >= 15 is 0 Å². The van der Waals surface area contributed by atoms with Crippen LogP contribution in [0.2, 0.25) is 0 Å². The molecule has 0 fully saturated rings. The highest BCUT2D eigenvalue weighted by Crippen LogP contribution is 2.38. The molecule has 0 bridgehead atoms. The van der Waals surface area contributed by atoms with E-state index in [-0.39, 0.29) is 23.5 Å². The van der Waals surface area contributed by atoms with Crippen molar-refractivity contribution in [2.45, 2.75) is 6.61 Å². The molecule has 0 aliphatic heterocycles. The molecule has 6 nitrogen and oxygen atoms in total. The largest absolute Gasteiger partial charge is 0.492 e. The minimum absolute atomic E-state index is 0.151. The predicted molar refractivity (Wildman–Crippen MR) is 124 cm³/mol. The fraction of sp³-hybridized carbons (Fsp3) is 0.111. The zero-order valence-corrected chi connectivity index (χ0v) is 18.1. The number of carbonyl (C=O) groups excluding carboxylic acids is 1. The highest BCUT2D eigenvalue weighted by molar-refractivity contribution is 5.96. The highest BCUT2D eigenvalue weighted by Gasteiger charge is 2.21. The number of benzene rings is 3. The van der Waals surface area contributed by atoms with Crippen LogP contribution in [0.15, 0.2) is 82.0 Å². The number of hydrogen-bond acceptors (Lipinski definition) is 6. The van der Waals surface area contributed by atoms with Crippen molar-refractivity contribution in [3.8, 4) is 23.3 Å². The van der Waals surface area contributed by atoms with E-state index in [1.165, 1.54) is 20.3 Å². The molecule has 0 saturated carbocycles. The van der Waals surface area contributed by atoms with Gasteiger partial charge in [0, 0.05) is 5.56 Å². The topological polar surface area (TPSA) is 75.0 Å². The van der Waals surface area contributed by atoms with Crippen molar-refractivity contribution in [3.63, 3.8) is 0 Å². The average Bonchev–Trinajstić information content (AvgIpc) is 2.86. The molecule has 164 valence electrons. The molecule has 4 aromatic rings. The Hall–Kier alpha value is -4.50. The van der Waals surface area contributed by atoms with Crippen molar-refractivity contribution in [1.82, 2.24) is 0 Å². The normalized spacial score (nSPS) is 10.2. The zero-order chi connectivity index (χ0) is 23.2. The first-order valence-corrected chi connectivity index (χ1v) is 10.1. The fourth-order valence-corrected chi connectivity index (χ4v) is 3.33. The summed E-state index contributed by atoms with van der Waals surface area (Å²) < 4.78 is 21.5. The van der Waals surface area contributed by atoms with Gasteiger partial charge in [-0.25, -0.2) is 9.59 Å². The summed E-state index contributed by atoms with van der Waals surface area (Å²) in [6.07, 6.45) is 0. The molecule has 0 radical (unpaired) electrons. The summed E-state index contributed by atoms with van der Waals surface area (Å²) in [7, 11) is 2.65. The van der Waals surface area contributed by atoms with Crippen LogP contribution < -0.4 is 15.1 Å². The number of esters is 1. The van der Waals surface area contributed by atoms with Gasteiger partial charge in [-0.2, -0.15) is 0 Å². The van der Waals surface area contributed by atoms with Crippen molar-refractivity contribution in [2.24, 2.45) is 0 Å². The molecule has 33 heavy (non-hydrogen) atoms. The molecule has 0 unspecified atom stereocenters. The van der Waals surface area contributed by atoms with Gasteiger partial charge in [0.05, 0.1) is 19.8 Å². The van der Waals surface area contributed by atoms with Gasteiger partial charge in [-0.15, -0.1) is 0 Å². The Labute approximate surface area is 190 Å². The maximum atomic E-state index is 12.8. The third-order valence-corrected chi connectivity index (χ3v) is 4.89. The van der Waals surface area contributed by atoms with Crippen molar-refractivity contribution < 1.29 is 23.4 Å². The van der Waals surface area contributed by atoms with Gasteiger partial charge in [0.25, 0.3) is 0 Å². The van der Waals surface area contributed by atoms with Crippen molar-refractivity contribution in [2.75, 3.05) is 14.2 Å². The maximum Gasteiger partial charge on any atom is 0.374 e. The van der Waals surface area contributed by atoms with Crippen molar-refractivity contribution in [3.05, 3.63) is 106 Å². The lowest BCUT2D eigenvalue weighted by Crippen LogP contribution is -2.10. The summed E-state index contributed by atoms with van der Waals surface area (Å²) in [4.78, 5) is 24.7. The second kappa shape index (κ2) is 9.75. The number of fused-ring (bicyclic) bond motifs is 1. The van der Waals surface area contributed by atoms with Crippen LogP contribution >= 0.6 is 0 Å². The molecular formula is C27H20O6. The minimum Gasteiger partial charge on any atom is -0.492 e. The Morgan fingerprint density at radius 3 is 2.27 bits per heavy atom. The number of hydrogen-bond donors (Lipinski definition) is 0. The molecule has 0 N–H and O–H groups in total. The lowest BCUT2D eigenvalue weighted by molar-refractivity contribution is 0.0560. The van der Waals surface area contributed by atoms with E-state index in [0.717, 1.165) is 11.1 Å². The Kier molecular flexibility index (Phi) is 6.42. The van der Waals surface area contributed by atoms with E-state index in [4.69, 9.17) is 13.9 Å². The Bertz CT molecular complexity index is 1410. The lowest BCUT2D eigenvalue weighted by atomic mass is 10.0. The summed E-state index contributed by atoms with van der Waals surface area (Å²) in [5, 5.41) is 0.575. The quantitative estimate of drug-likeness (QED) is 0.334. The summed E-state index contributed by atoms with van der Waals surface area (Å²) in [6, 6.07) is 22.2. The summed E-state index contributed by atoms with van der Waals surface area (Å²) >= 11 is 0. The summed E-state index contributed by atoms with van der Waals surface area (Å²) in [5.74, 6) is 5.75. The molecule has 1 aromatic heterocycles. The summed E-state index contributed by atoms with van der Waals surface area (Å²) in [6.45, 7) is 0.244. The van der Waals surface area contributed by atoms with Gasteiger partial charge >= 0.3 is 11.6 Å². The van der Waals surface area contributed by atoms with E-state index < -0.39 is 11.6 Å². The van der Waals surface area contributed by atoms with Crippen LogP contribution in [0, 0.1) is 11.8 Å². The molecule has 0 atom stereocenters. The number of ether oxygens (including phenoxy) is 3. The number of carbonyl (C=O) groups is 1. The predicted octanol–water partition coefficient (Wildman–Crippen LogP) is 4.57. The third-order valence-electron chi connectivity index (χ3n) is 4.89. The van der Waals surface area contributed by atoms with Crippen molar-refractivity contribution in [1.29, 1.82) is 0 Å². The molecule has 3 aromatic carbocycles. The Morgan fingerprint density at radius 2 is 1.61 bits per heavy atom. The highest BCUT2D eigenvalue weighted by atomic mass is 16.5. The van der Waals surface area contributed by atoms with Crippen molar-refractivity contribution >= 4 is 16.7 Å². The van der Waals surface area contributed by atoms with E-state index in [9.17, 15) is 9.59 Å². The van der Waals surface area contributed by atoms with E-state index in [1.54, 1.807) is 6.07 Å². The van der Waals surface area contributed by atoms with Crippen LogP contribution in [0.5, 0.6) is 11.5 Å². The lowest BCUT2D eigenvalue weighted by Gasteiger charge is -2.15. The summed E-state index contributed by atoms with van der Waals surface area (Å²) in [5.41, 5.74) is 1.51. The molecule has 6 heteroatoms. The van der Waals surface area contributed by atoms with Crippen LogP contribution in [0.1, 0.15) is 27.2 Å².